The van der Waals surface area contributed by atoms with Gasteiger partial charge in [-0.1, -0.05) is 23.8 Å². The number of nitrogens with zero attached hydrogens (tertiary/aromatic N) is 1. The van der Waals surface area contributed by atoms with Crippen molar-refractivity contribution in [1.29, 1.82) is 0 Å². The summed E-state index contributed by atoms with van der Waals surface area (Å²) in [5.74, 6) is -5.00. The molecular weight excluding hydrogens is 413 g/mol. The molecule has 1 heterocycles. The van der Waals surface area contributed by atoms with Gasteiger partial charge in [0.1, 0.15) is 0 Å². The topological polar surface area (TPSA) is 91.8 Å². The molecule has 1 aromatic rings. The second-order valence-corrected chi connectivity index (χ2v) is 8.83. The molecule has 1 aromatic carbocycles. The zero-order chi connectivity index (χ0) is 22.9. The van der Waals surface area contributed by atoms with Crippen molar-refractivity contribution in [3.63, 3.8) is 0 Å². The van der Waals surface area contributed by atoms with Crippen molar-refractivity contribution in [2.75, 3.05) is 6.54 Å². The first-order valence-corrected chi connectivity index (χ1v) is 10.8. The first-order valence-electron chi connectivity index (χ1n) is 10.8. The minimum Gasteiger partial charge on any atom is -0.505 e. The number of aromatic hydroxyl groups is 1. The van der Waals surface area contributed by atoms with Gasteiger partial charge in [0.05, 0.1) is 11.8 Å². The van der Waals surface area contributed by atoms with Crippen LogP contribution in [0.15, 0.2) is 52.6 Å². The van der Waals surface area contributed by atoms with E-state index in [-0.39, 0.29) is 47.5 Å². The maximum atomic E-state index is 14.3. The van der Waals surface area contributed by atoms with E-state index in [0.717, 1.165) is 6.07 Å². The number of phenolic OH excluding ortho intramolecular Hbond substituents is 1. The predicted octanol–water partition coefficient (Wildman–Crippen LogP) is 2.98. The van der Waals surface area contributed by atoms with Crippen molar-refractivity contribution in [3.05, 3.63) is 64.0 Å². The number of rotatable bonds is 2. The van der Waals surface area contributed by atoms with Crippen LogP contribution in [0.4, 0.5) is 4.39 Å². The molecule has 0 unspecified atom stereocenters. The highest BCUT2D eigenvalue weighted by atomic mass is 19.1. The van der Waals surface area contributed by atoms with E-state index in [1.54, 1.807) is 13.8 Å². The lowest BCUT2D eigenvalue weighted by molar-refractivity contribution is -0.139. The van der Waals surface area contributed by atoms with Crippen LogP contribution in [0, 0.1) is 23.6 Å². The van der Waals surface area contributed by atoms with Gasteiger partial charge >= 0.3 is 0 Å². The highest BCUT2D eigenvalue weighted by Gasteiger charge is 2.56. The minimum absolute atomic E-state index is 0.168. The number of phenols is 1. The van der Waals surface area contributed by atoms with E-state index in [1.165, 1.54) is 23.1 Å². The Balaban J connectivity index is 1.73. The quantitative estimate of drug-likeness (QED) is 0.438. The van der Waals surface area contributed by atoms with E-state index in [0.29, 0.717) is 23.1 Å². The first kappa shape index (κ1) is 20.5. The monoisotopic (exact) mass is 435 g/mol. The van der Waals surface area contributed by atoms with Crippen LogP contribution in [0.25, 0.3) is 0 Å². The Morgan fingerprint density at radius 3 is 2.59 bits per heavy atom. The molecule has 0 bridgehead atoms. The van der Waals surface area contributed by atoms with Gasteiger partial charge in [-0.3, -0.25) is 24.1 Å². The number of Topliss-reactive ketones (excluding diaryl/α,β-unsaturated/α-hetero) is 1. The Kier molecular flexibility index (Phi) is 4.55. The number of ketones is 2. The van der Waals surface area contributed by atoms with Gasteiger partial charge in [-0.15, -0.1) is 0 Å². The van der Waals surface area contributed by atoms with Crippen molar-refractivity contribution in [2.24, 2.45) is 17.8 Å². The second kappa shape index (κ2) is 7.08. The van der Waals surface area contributed by atoms with Crippen molar-refractivity contribution < 1.29 is 28.7 Å². The van der Waals surface area contributed by atoms with Crippen molar-refractivity contribution in [3.8, 4) is 5.75 Å². The zero-order valence-corrected chi connectivity index (χ0v) is 17.7. The summed E-state index contributed by atoms with van der Waals surface area (Å²) in [4.78, 5) is 53.3. The molecule has 0 spiro atoms. The van der Waals surface area contributed by atoms with Crippen LogP contribution in [-0.2, 0) is 19.2 Å². The molecule has 32 heavy (non-hydrogen) atoms. The lowest BCUT2D eigenvalue weighted by Gasteiger charge is -2.42. The molecule has 6 nitrogen and oxygen atoms in total. The number of likely N-dealkylation sites (tertiary alicyclic amines) is 1. The number of halogens is 1. The van der Waals surface area contributed by atoms with E-state index < -0.39 is 35.2 Å². The van der Waals surface area contributed by atoms with Crippen LogP contribution in [-0.4, -0.2) is 39.9 Å². The number of benzene rings is 1. The highest BCUT2D eigenvalue weighted by molar-refractivity contribution is 6.23. The molecule has 2 amide bonds. The lowest BCUT2D eigenvalue weighted by Crippen LogP contribution is -2.39. The highest BCUT2D eigenvalue weighted by Crippen LogP contribution is 2.56. The molecule has 1 aliphatic heterocycles. The Morgan fingerprint density at radius 2 is 1.88 bits per heavy atom. The number of hydrogen-bond donors (Lipinski definition) is 1. The summed E-state index contributed by atoms with van der Waals surface area (Å²) in [6.45, 7) is 3.58. The second-order valence-electron chi connectivity index (χ2n) is 8.83. The average molecular weight is 435 g/mol. The number of fused-ring (bicyclic) bond motifs is 3. The van der Waals surface area contributed by atoms with E-state index >= 15 is 0 Å². The van der Waals surface area contributed by atoms with Crippen LogP contribution < -0.4 is 0 Å². The van der Waals surface area contributed by atoms with E-state index in [9.17, 15) is 28.7 Å². The zero-order valence-electron chi connectivity index (χ0n) is 17.7. The molecule has 1 N–H and O–H groups in total. The first-order chi connectivity index (χ1) is 15.3. The third kappa shape index (κ3) is 2.63. The summed E-state index contributed by atoms with van der Waals surface area (Å²) < 4.78 is 14.3. The van der Waals surface area contributed by atoms with Crippen LogP contribution in [0.1, 0.15) is 38.2 Å². The standard InChI is InChI=1S/C25H22FNO5/c1-3-27-24(31)14-8-7-12-15(20(14)25(27)32)10-16-21(18(28)9-11(2)22(16)29)19(12)13-5-4-6-17(26)23(13)30/h4-7,9,14-15,19-20,30H,3,8,10H2,1-2H3/t14-,15+,19+,20-/m0/s1. The summed E-state index contributed by atoms with van der Waals surface area (Å²) in [7, 11) is 0. The van der Waals surface area contributed by atoms with Gasteiger partial charge < -0.3 is 5.11 Å². The number of imide groups is 1. The summed E-state index contributed by atoms with van der Waals surface area (Å²) in [5.41, 5.74) is 1.71. The maximum absolute atomic E-state index is 14.3. The number of allylic oxidation sites excluding steroid dienone is 6. The van der Waals surface area contributed by atoms with Crippen LogP contribution in [0.2, 0.25) is 0 Å². The molecule has 0 aromatic heterocycles. The fraction of sp³-hybridized carbons (Fsp3) is 0.360. The molecule has 3 aliphatic carbocycles. The molecule has 164 valence electrons. The summed E-state index contributed by atoms with van der Waals surface area (Å²) in [6, 6.07) is 4.10. The molecule has 0 radical (unpaired) electrons. The van der Waals surface area contributed by atoms with Crippen molar-refractivity contribution >= 4 is 23.4 Å². The smallest absolute Gasteiger partial charge is 0.233 e. The summed E-state index contributed by atoms with van der Waals surface area (Å²) in [6.07, 6.45) is 3.61. The molecular formula is C25H22FNO5. The normalized spacial score (nSPS) is 29.5. The molecule has 4 aliphatic rings. The number of carbonyl (C=O) groups is 4. The van der Waals surface area contributed by atoms with E-state index in [2.05, 4.69) is 0 Å². The number of amides is 2. The van der Waals surface area contributed by atoms with Crippen molar-refractivity contribution in [1.82, 2.24) is 4.90 Å². The molecule has 7 heteroatoms. The Bertz CT molecular complexity index is 1210. The van der Waals surface area contributed by atoms with Gasteiger partial charge in [0.2, 0.25) is 11.8 Å². The van der Waals surface area contributed by atoms with E-state index in [1.807, 2.05) is 6.08 Å². The van der Waals surface area contributed by atoms with Crippen LogP contribution in [0.3, 0.4) is 0 Å². The largest absolute Gasteiger partial charge is 0.505 e. The van der Waals surface area contributed by atoms with Crippen LogP contribution in [0.5, 0.6) is 5.75 Å². The fourth-order valence-electron chi connectivity index (χ4n) is 5.88. The SMILES string of the molecule is CCN1C(=O)[C@H]2[C@H](CC=C3[C@H](c4cccc(F)c4O)C4=C(C[C@H]32)C(=O)C(C)=CC4=O)C1=O. The number of hydrogen-bond acceptors (Lipinski definition) is 5. The van der Waals surface area contributed by atoms with Gasteiger partial charge in [0.15, 0.2) is 23.1 Å². The third-order valence-electron chi connectivity index (χ3n) is 7.30. The summed E-state index contributed by atoms with van der Waals surface area (Å²) in [5, 5.41) is 10.5. The number of carbonyl (C=O) groups excluding carboxylic acids is 4. The average Bonchev–Trinajstić information content (AvgIpc) is 3.02. The molecule has 1 fully saturated rings. The van der Waals surface area contributed by atoms with Crippen LogP contribution >= 0.6 is 0 Å². The molecule has 4 atom stereocenters. The number of para-hydroxylation sites is 1. The Hall–Kier alpha value is -3.35. The molecule has 1 saturated heterocycles. The fourth-order valence-corrected chi connectivity index (χ4v) is 5.88. The predicted molar refractivity (Wildman–Crippen MR) is 112 cm³/mol. The molecule has 0 saturated carbocycles. The van der Waals surface area contributed by atoms with Crippen molar-refractivity contribution in [2.45, 2.75) is 32.6 Å². The van der Waals surface area contributed by atoms with E-state index in [4.69, 9.17) is 0 Å². The summed E-state index contributed by atoms with van der Waals surface area (Å²) >= 11 is 0. The minimum atomic E-state index is -0.847. The lowest BCUT2D eigenvalue weighted by atomic mass is 9.59. The third-order valence-corrected chi connectivity index (χ3v) is 7.30. The van der Waals surface area contributed by atoms with Gasteiger partial charge in [0, 0.05) is 34.7 Å². The Morgan fingerprint density at radius 1 is 1.12 bits per heavy atom. The van der Waals surface area contributed by atoms with Gasteiger partial charge in [-0.05, 0) is 44.7 Å². The van der Waals surface area contributed by atoms with Gasteiger partial charge in [-0.2, -0.15) is 0 Å². The molecule has 5 rings (SSSR count). The maximum Gasteiger partial charge on any atom is 0.233 e. The van der Waals surface area contributed by atoms with Gasteiger partial charge in [-0.25, -0.2) is 4.39 Å². The van der Waals surface area contributed by atoms with Gasteiger partial charge in [0.25, 0.3) is 0 Å². The Labute approximate surface area is 184 Å².